The molecule has 1 atom stereocenters. The molecule has 1 saturated carbocycles. The average molecular weight is 296 g/mol. The maximum atomic E-state index is 6.39. The van der Waals surface area contributed by atoms with Crippen LogP contribution in [0.3, 0.4) is 0 Å². The topological polar surface area (TPSA) is 21.3 Å². The zero-order valence-corrected chi connectivity index (χ0v) is 13.2. The Morgan fingerprint density at radius 3 is 2.55 bits per heavy atom. The van der Waals surface area contributed by atoms with Crippen LogP contribution in [-0.2, 0) is 4.74 Å². The van der Waals surface area contributed by atoms with Gasteiger partial charge in [0.25, 0.3) is 0 Å². The van der Waals surface area contributed by atoms with Crippen molar-refractivity contribution in [2.45, 2.75) is 57.7 Å². The Kier molecular flexibility index (Phi) is 6.85. The van der Waals surface area contributed by atoms with E-state index in [1.807, 2.05) is 18.2 Å². The van der Waals surface area contributed by atoms with Gasteiger partial charge in [0.1, 0.15) is 0 Å². The summed E-state index contributed by atoms with van der Waals surface area (Å²) < 4.78 is 6.39. The summed E-state index contributed by atoms with van der Waals surface area (Å²) in [6.07, 6.45) is 8.11. The summed E-state index contributed by atoms with van der Waals surface area (Å²) in [7, 11) is 0. The average Bonchev–Trinajstić information content (AvgIpc) is 2.73. The Balaban J connectivity index is 2.04. The molecule has 0 spiro atoms. The zero-order valence-electron chi connectivity index (χ0n) is 12.4. The molecule has 1 N–H and O–H groups in total. The summed E-state index contributed by atoms with van der Waals surface area (Å²) in [6.45, 7) is 3.90. The maximum absolute atomic E-state index is 6.39. The van der Waals surface area contributed by atoms with E-state index in [4.69, 9.17) is 16.3 Å². The highest BCUT2D eigenvalue weighted by atomic mass is 35.5. The lowest BCUT2D eigenvalue weighted by Gasteiger charge is -2.25. The summed E-state index contributed by atoms with van der Waals surface area (Å²) in [5.74, 6) is 0. The SMILES string of the molecule is CCNCC(OC1CCCCCC1)c1ccccc1Cl. The van der Waals surface area contributed by atoms with Gasteiger partial charge in [0.15, 0.2) is 0 Å². The number of ether oxygens (including phenoxy) is 1. The van der Waals surface area contributed by atoms with Crippen molar-refractivity contribution in [3.8, 4) is 0 Å². The predicted octanol–water partition coefficient (Wildman–Crippen LogP) is 4.73. The van der Waals surface area contributed by atoms with Crippen LogP contribution in [0.1, 0.15) is 57.1 Å². The number of halogens is 1. The lowest BCUT2D eigenvalue weighted by molar-refractivity contribution is -0.0198. The van der Waals surface area contributed by atoms with Gasteiger partial charge >= 0.3 is 0 Å². The number of nitrogens with one attached hydrogen (secondary N) is 1. The van der Waals surface area contributed by atoms with Gasteiger partial charge in [-0.05, 0) is 25.5 Å². The molecule has 0 aliphatic heterocycles. The summed E-state index contributed by atoms with van der Waals surface area (Å²) in [6, 6.07) is 8.05. The van der Waals surface area contributed by atoms with Crippen LogP contribution >= 0.6 is 11.6 Å². The summed E-state index contributed by atoms with van der Waals surface area (Å²) in [5.41, 5.74) is 1.11. The van der Waals surface area contributed by atoms with Crippen LogP contribution in [0.25, 0.3) is 0 Å². The van der Waals surface area contributed by atoms with E-state index in [1.54, 1.807) is 0 Å². The van der Waals surface area contributed by atoms with Crippen molar-refractivity contribution in [2.75, 3.05) is 13.1 Å². The normalized spacial score (nSPS) is 18.7. The molecule has 1 aromatic carbocycles. The zero-order chi connectivity index (χ0) is 14.2. The van der Waals surface area contributed by atoms with Crippen LogP contribution in [0.15, 0.2) is 24.3 Å². The Labute approximate surface area is 127 Å². The van der Waals surface area contributed by atoms with Gasteiger partial charge < -0.3 is 10.1 Å². The first-order chi connectivity index (χ1) is 9.81. The minimum absolute atomic E-state index is 0.0618. The minimum Gasteiger partial charge on any atom is -0.369 e. The van der Waals surface area contributed by atoms with Crippen molar-refractivity contribution in [1.29, 1.82) is 0 Å². The first kappa shape index (κ1) is 15.8. The molecule has 1 aromatic rings. The Bertz CT molecular complexity index is 388. The lowest BCUT2D eigenvalue weighted by atomic mass is 10.1. The molecular formula is C17H26ClNO. The molecule has 1 unspecified atom stereocenters. The Hall–Kier alpha value is -0.570. The second-order valence-electron chi connectivity index (χ2n) is 5.57. The second-order valence-corrected chi connectivity index (χ2v) is 5.97. The second kappa shape index (κ2) is 8.66. The van der Waals surface area contributed by atoms with Crippen LogP contribution in [0.5, 0.6) is 0 Å². The molecule has 0 heterocycles. The quantitative estimate of drug-likeness (QED) is 0.766. The van der Waals surface area contributed by atoms with Gasteiger partial charge in [-0.3, -0.25) is 0 Å². The van der Waals surface area contributed by atoms with E-state index >= 15 is 0 Å². The smallest absolute Gasteiger partial charge is 0.0967 e. The van der Waals surface area contributed by atoms with Crippen LogP contribution in [-0.4, -0.2) is 19.2 Å². The molecule has 0 amide bonds. The van der Waals surface area contributed by atoms with Crippen molar-refractivity contribution in [2.24, 2.45) is 0 Å². The van der Waals surface area contributed by atoms with Gasteiger partial charge in [-0.25, -0.2) is 0 Å². The van der Waals surface area contributed by atoms with E-state index < -0.39 is 0 Å². The molecule has 1 fully saturated rings. The minimum atomic E-state index is 0.0618. The van der Waals surface area contributed by atoms with Gasteiger partial charge in [-0.1, -0.05) is 62.4 Å². The maximum Gasteiger partial charge on any atom is 0.0967 e. The molecule has 112 valence electrons. The molecule has 1 aliphatic rings. The van der Waals surface area contributed by atoms with Gasteiger partial charge in [0.2, 0.25) is 0 Å². The molecule has 0 saturated heterocycles. The molecule has 0 radical (unpaired) electrons. The van der Waals surface area contributed by atoms with Crippen molar-refractivity contribution in [3.63, 3.8) is 0 Å². The van der Waals surface area contributed by atoms with Gasteiger partial charge in [0, 0.05) is 17.1 Å². The fraction of sp³-hybridized carbons (Fsp3) is 0.647. The highest BCUT2D eigenvalue weighted by molar-refractivity contribution is 6.31. The fourth-order valence-corrected chi connectivity index (χ4v) is 3.11. The van der Waals surface area contributed by atoms with E-state index in [2.05, 4.69) is 18.3 Å². The Morgan fingerprint density at radius 2 is 1.90 bits per heavy atom. The van der Waals surface area contributed by atoms with Gasteiger partial charge in [-0.2, -0.15) is 0 Å². The molecular weight excluding hydrogens is 270 g/mol. The first-order valence-electron chi connectivity index (χ1n) is 7.92. The van der Waals surface area contributed by atoms with Crippen LogP contribution in [0, 0.1) is 0 Å². The number of benzene rings is 1. The number of hydrogen-bond acceptors (Lipinski definition) is 2. The molecule has 0 aromatic heterocycles. The van der Waals surface area contributed by atoms with Crippen molar-refractivity contribution in [1.82, 2.24) is 5.32 Å². The predicted molar refractivity (Wildman–Crippen MR) is 85.3 cm³/mol. The number of hydrogen-bond donors (Lipinski definition) is 1. The number of likely N-dealkylation sites (N-methyl/N-ethyl adjacent to an activating group) is 1. The van der Waals surface area contributed by atoms with Crippen molar-refractivity contribution >= 4 is 11.6 Å². The van der Waals surface area contributed by atoms with E-state index in [-0.39, 0.29) is 6.10 Å². The van der Waals surface area contributed by atoms with Crippen molar-refractivity contribution in [3.05, 3.63) is 34.9 Å². The molecule has 3 heteroatoms. The molecule has 1 aliphatic carbocycles. The fourth-order valence-electron chi connectivity index (χ4n) is 2.85. The van der Waals surface area contributed by atoms with Crippen LogP contribution in [0.2, 0.25) is 5.02 Å². The summed E-state index contributed by atoms with van der Waals surface area (Å²) in [4.78, 5) is 0. The molecule has 0 bridgehead atoms. The Morgan fingerprint density at radius 1 is 1.20 bits per heavy atom. The van der Waals surface area contributed by atoms with E-state index in [0.717, 1.165) is 23.7 Å². The third-order valence-electron chi connectivity index (χ3n) is 3.99. The van der Waals surface area contributed by atoms with Gasteiger partial charge in [-0.15, -0.1) is 0 Å². The largest absolute Gasteiger partial charge is 0.369 e. The number of rotatable bonds is 6. The van der Waals surface area contributed by atoms with Gasteiger partial charge in [0.05, 0.1) is 12.2 Å². The third kappa shape index (κ3) is 4.76. The lowest BCUT2D eigenvalue weighted by Crippen LogP contribution is -2.27. The summed E-state index contributed by atoms with van der Waals surface area (Å²) >= 11 is 6.34. The standard InChI is InChI=1S/C17H26ClNO/c1-2-19-13-17(15-11-7-8-12-16(15)18)20-14-9-5-3-4-6-10-14/h7-8,11-12,14,17,19H,2-6,9-10,13H2,1H3. The molecule has 20 heavy (non-hydrogen) atoms. The highest BCUT2D eigenvalue weighted by Crippen LogP contribution is 2.29. The van der Waals surface area contributed by atoms with E-state index in [0.29, 0.717) is 6.10 Å². The third-order valence-corrected chi connectivity index (χ3v) is 4.33. The first-order valence-corrected chi connectivity index (χ1v) is 8.29. The van der Waals surface area contributed by atoms with E-state index in [1.165, 1.54) is 38.5 Å². The molecule has 2 nitrogen and oxygen atoms in total. The monoisotopic (exact) mass is 295 g/mol. The van der Waals surface area contributed by atoms with Crippen LogP contribution in [0.4, 0.5) is 0 Å². The van der Waals surface area contributed by atoms with Crippen molar-refractivity contribution < 1.29 is 4.74 Å². The highest BCUT2D eigenvalue weighted by Gasteiger charge is 2.21. The summed E-state index contributed by atoms with van der Waals surface area (Å²) in [5, 5.41) is 4.20. The van der Waals surface area contributed by atoms with Crippen LogP contribution < -0.4 is 5.32 Å². The van der Waals surface area contributed by atoms with E-state index in [9.17, 15) is 0 Å². The molecule has 2 rings (SSSR count).